The number of carboxylic acid groups (broad SMARTS) is 1. The van der Waals surface area contributed by atoms with Crippen LogP contribution in [0.2, 0.25) is 0 Å². The summed E-state index contributed by atoms with van der Waals surface area (Å²) in [5.74, 6) is -2.14. The summed E-state index contributed by atoms with van der Waals surface area (Å²) in [5.41, 5.74) is 2.09. The van der Waals surface area contributed by atoms with Crippen LogP contribution in [0.4, 0.5) is 5.82 Å². The number of aliphatic carboxylic acids is 1. The number of nitrogens with one attached hydrogen (secondary N) is 2. The number of fused-ring (bicyclic) bond motifs is 1. The summed E-state index contributed by atoms with van der Waals surface area (Å²) in [6.07, 6.45) is -4.94. The zero-order valence-electron chi connectivity index (χ0n) is 33.4. The molecule has 2 amide bonds. The number of phosphoric acid groups is 3. The SMILES string of the molecule is C.CC.CCC(=O)O.CCCNC(=O)CCNC(=O)C(O)C(C)(C)COP(=O)([O-])OP(=O)([O-])OCC1OC(C)(n2cnc3c(N)ncnc32)C(O)C1OP(=O)([O-])[O-].O=CO[O-]. The Morgan fingerprint density at radius 1 is 1.07 bits per heavy atom. The van der Waals surface area contributed by atoms with Gasteiger partial charge in [0.25, 0.3) is 22.1 Å². The molecule has 0 bridgehead atoms. The molecule has 31 heteroatoms. The van der Waals surface area contributed by atoms with Crippen molar-refractivity contribution < 1.29 is 101 Å². The molecule has 0 aliphatic carbocycles. The molecule has 1 saturated heterocycles. The number of nitrogens with zero attached hydrogens (tertiary/aromatic N) is 4. The van der Waals surface area contributed by atoms with Gasteiger partial charge in [0.15, 0.2) is 17.2 Å². The minimum Gasteiger partial charge on any atom is -0.790 e. The third kappa shape index (κ3) is 20.0. The molecule has 0 aromatic carbocycles. The highest BCUT2D eigenvalue weighted by molar-refractivity contribution is 7.59. The van der Waals surface area contributed by atoms with Gasteiger partial charge < -0.3 is 84.3 Å². The molecule has 7 atom stereocenters. The van der Waals surface area contributed by atoms with Gasteiger partial charge in [-0.3, -0.25) is 32.9 Å². The molecule has 1 fully saturated rings. The van der Waals surface area contributed by atoms with E-state index in [2.05, 4.69) is 48.4 Å². The highest BCUT2D eigenvalue weighted by atomic mass is 31.3. The number of carbonyl (C=O) groups excluding carboxylic acids is 3. The van der Waals surface area contributed by atoms with Gasteiger partial charge in [-0.05, 0) is 13.3 Å². The van der Waals surface area contributed by atoms with Crippen LogP contribution in [0.5, 0.6) is 0 Å². The van der Waals surface area contributed by atoms with Gasteiger partial charge in [-0.15, -0.1) is 0 Å². The van der Waals surface area contributed by atoms with E-state index >= 15 is 0 Å². The van der Waals surface area contributed by atoms with Gasteiger partial charge in [-0.2, -0.15) is 0 Å². The van der Waals surface area contributed by atoms with E-state index in [1.165, 1.54) is 20.8 Å². The largest absolute Gasteiger partial charge is 0.790 e. The molecule has 354 valence electrons. The second-order valence-electron chi connectivity index (χ2n) is 12.5. The molecule has 2 aromatic rings. The molecule has 1 aliphatic rings. The zero-order chi connectivity index (χ0) is 46.7. The van der Waals surface area contributed by atoms with Crippen LogP contribution in [0.1, 0.15) is 75.2 Å². The summed E-state index contributed by atoms with van der Waals surface area (Å²) in [6, 6.07) is 0. The van der Waals surface area contributed by atoms with E-state index < -0.39 is 84.1 Å². The summed E-state index contributed by atoms with van der Waals surface area (Å²) in [5, 5.41) is 42.5. The first-order valence-electron chi connectivity index (χ1n) is 17.5. The van der Waals surface area contributed by atoms with Crippen LogP contribution in [0.25, 0.3) is 11.2 Å². The number of ether oxygens (including phenoxy) is 1. The number of carboxylic acids is 1. The van der Waals surface area contributed by atoms with Gasteiger partial charge in [-0.25, -0.2) is 19.3 Å². The average molecular weight is 941 g/mol. The average Bonchev–Trinajstić information content (AvgIpc) is 3.72. The van der Waals surface area contributed by atoms with Crippen molar-refractivity contribution in [2.24, 2.45) is 5.41 Å². The van der Waals surface area contributed by atoms with Crippen LogP contribution in [0, 0.1) is 5.41 Å². The molecule has 0 radical (unpaired) electrons. The van der Waals surface area contributed by atoms with Crippen molar-refractivity contribution in [3.8, 4) is 0 Å². The number of anilines is 1. The monoisotopic (exact) mass is 940 g/mol. The Labute approximate surface area is 350 Å². The van der Waals surface area contributed by atoms with Crippen molar-refractivity contribution in [1.82, 2.24) is 30.2 Å². The van der Waals surface area contributed by atoms with Crippen LogP contribution in [0.3, 0.4) is 0 Å². The summed E-state index contributed by atoms with van der Waals surface area (Å²) in [4.78, 5) is 104. The van der Waals surface area contributed by atoms with E-state index in [1.54, 1.807) is 6.92 Å². The maximum atomic E-state index is 12.5. The van der Waals surface area contributed by atoms with E-state index in [4.69, 9.17) is 25.6 Å². The van der Waals surface area contributed by atoms with E-state index in [1.807, 2.05) is 20.8 Å². The molecule has 28 nitrogen and oxygen atoms in total. The zero-order valence-corrected chi connectivity index (χ0v) is 36.1. The van der Waals surface area contributed by atoms with Crippen LogP contribution < -0.4 is 41.2 Å². The first-order chi connectivity index (χ1) is 27.7. The quantitative estimate of drug-likeness (QED) is 0.0334. The number of hydrogen-bond donors (Lipinski definition) is 6. The second-order valence-corrected chi connectivity index (χ2v) is 16.5. The van der Waals surface area contributed by atoms with Crippen LogP contribution in [-0.4, -0.2) is 110 Å². The molecule has 7 N–H and O–H groups in total. The Balaban J connectivity index is 0. The van der Waals surface area contributed by atoms with E-state index in [9.17, 15) is 57.9 Å². The smallest absolute Gasteiger partial charge is 0.303 e. The molecule has 0 spiro atoms. The number of aromatic nitrogens is 4. The third-order valence-corrected chi connectivity index (χ3v) is 10.5. The van der Waals surface area contributed by atoms with Crippen molar-refractivity contribution in [2.45, 2.75) is 105 Å². The number of aliphatic hydroxyl groups is 2. The Bertz CT molecular complexity index is 1830. The van der Waals surface area contributed by atoms with Gasteiger partial charge in [0.2, 0.25) is 11.8 Å². The lowest BCUT2D eigenvalue weighted by Gasteiger charge is -2.36. The molecule has 1 aliphatic heterocycles. The second kappa shape index (κ2) is 26.8. The van der Waals surface area contributed by atoms with E-state index in [0.717, 1.165) is 17.2 Å². The summed E-state index contributed by atoms with van der Waals surface area (Å²) in [7, 11) is -17.6. The van der Waals surface area contributed by atoms with Gasteiger partial charge in [-0.1, -0.05) is 49.0 Å². The predicted molar refractivity (Wildman–Crippen MR) is 199 cm³/mol. The first-order valence-corrected chi connectivity index (χ1v) is 21.9. The molecule has 0 saturated carbocycles. The fraction of sp³-hybridized carbons (Fsp3) is 0.700. The van der Waals surface area contributed by atoms with Gasteiger partial charge in [0.1, 0.15) is 36.3 Å². The van der Waals surface area contributed by atoms with Crippen LogP contribution in [-0.2, 0) is 66.1 Å². The van der Waals surface area contributed by atoms with Crippen LogP contribution >= 0.6 is 23.5 Å². The fourth-order valence-electron chi connectivity index (χ4n) is 4.49. The minimum absolute atomic E-state index is 0. The molecule has 61 heavy (non-hydrogen) atoms. The summed E-state index contributed by atoms with van der Waals surface area (Å²) in [6.45, 7) is 8.94. The highest BCUT2D eigenvalue weighted by Crippen LogP contribution is 2.56. The predicted octanol–water partition coefficient (Wildman–Crippen LogP) is -2.96. The van der Waals surface area contributed by atoms with Crippen molar-refractivity contribution in [3.05, 3.63) is 12.7 Å². The molecule has 3 rings (SSSR count). The lowest BCUT2D eigenvalue weighted by molar-refractivity contribution is -0.652. The highest BCUT2D eigenvalue weighted by Gasteiger charge is 2.55. The summed E-state index contributed by atoms with van der Waals surface area (Å²) < 4.78 is 60.7. The van der Waals surface area contributed by atoms with Gasteiger partial charge >= 0.3 is 5.97 Å². The van der Waals surface area contributed by atoms with Crippen molar-refractivity contribution in [2.75, 3.05) is 32.0 Å². The maximum Gasteiger partial charge on any atom is 0.303 e. The molecular weight excluding hydrogens is 887 g/mol. The molecule has 7 unspecified atom stereocenters. The topological polar surface area (TPSA) is 445 Å². The van der Waals surface area contributed by atoms with Crippen LogP contribution in [0.15, 0.2) is 12.7 Å². The van der Waals surface area contributed by atoms with Crippen molar-refractivity contribution in [1.29, 1.82) is 0 Å². The third-order valence-electron chi connectivity index (χ3n) is 7.45. The number of phosphoric ester groups is 3. The number of carbonyl (C=O) groups is 4. The molecular formula is C30H53N7O21P3-5. The Kier molecular flexibility index (Phi) is 26.2. The Morgan fingerprint density at radius 3 is 2.13 bits per heavy atom. The minimum atomic E-state index is -5.90. The Morgan fingerprint density at radius 2 is 1.62 bits per heavy atom. The number of nitrogen functional groups attached to an aromatic ring is 1. The number of aliphatic hydroxyl groups excluding tert-OH is 2. The summed E-state index contributed by atoms with van der Waals surface area (Å²) >= 11 is 0. The standard InChI is InChI=1S/C23H40N7O16P3.C3H6O2.C2H6.CH2O3.CH4/c1-5-7-25-14(31)6-8-26-21(34)18(33)22(2,3)10-43-49(40,41)46-48(38,39)42-9-13-16(45-47(35,36)37)17(32)23(4,44-13)30-12-29-15-19(24)27-11-28-20(15)30;1-2-3(4)5;1-2;2-1-4-3;/h11-13,16-18,32-33H,5-10H2,1-4H3,(H,25,31)(H,26,34)(H,38,39)(H,40,41)(H2,24,27,28)(H2,35,36,37);2H2,1H3,(H,4,5);1-2H3;1,3H;1H4/p-5. The number of imidazole rings is 1. The fourth-order valence-corrected chi connectivity index (χ4v) is 7.22. The normalized spacial score (nSPS) is 20.9. The number of hydrogen-bond acceptors (Lipinski definition) is 24. The van der Waals surface area contributed by atoms with Crippen molar-refractivity contribution in [3.63, 3.8) is 0 Å². The lowest BCUT2D eigenvalue weighted by Crippen LogP contribution is -2.46. The molecule has 2 aromatic heterocycles. The number of rotatable bonds is 20. The first kappa shape index (κ1) is 59.5. The van der Waals surface area contributed by atoms with Gasteiger partial charge in [0.05, 0.1) is 27.4 Å². The molecule has 3 heterocycles. The van der Waals surface area contributed by atoms with Crippen molar-refractivity contribution >= 4 is 64.7 Å². The van der Waals surface area contributed by atoms with Gasteiger partial charge in [0, 0.05) is 31.3 Å². The number of amides is 2. The number of nitrogens with two attached hydrogens (primary N) is 1. The maximum absolute atomic E-state index is 12.5. The van der Waals surface area contributed by atoms with E-state index in [-0.39, 0.29) is 56.2 Å². The lowest BCUT2D eigenvalue weighted by atomic mass is 9.87. The Hall–Kier alpha value is -3.56. The van der Waals surface area contributed by atoms with E-state index in [0.29, 0.717) is 13.0 Å².